The van der Waals surface area contributed by atoms with Gasteiger partial charge in [0, 0.05) is 12.2 Å². The Morgan fingerprint density at radius 3 is 2.60 bits per heavy atom. The average molecular weight is 208 g/mol. The molecule has 2 rings (SSSR count). The number of ketones is 1. The van der Waals surface area contributed by atoms with Crippen molar-refractivity contribution in [3.8, 4) is 0 Å². The number of carbonyl (C=O) groups excluding carboxylic acids is 1. The Balaban J connectivity index is 2.24. The smallest absolute Gasteiger partial charge is 0.194 e. The van der Waals surface area contributed by atoms with Gasteiger partial charge in [0.1, 0.15) is 11.4 Å². The van der Waals surface area contributed by atoms with Crippen LogP contribution in [0.2, 0.25) is 0 Å². The van der Waals surface area contributed by atoms with E-state index in [9.17, 15) is 9.18 Å². The van der Waals surface area contributed by atoms with Crippen molar-refractivity contribution in [3.63, 3.8) is 0 Å². The van der Waals surface area contributed by atoms with Crippen molar-refractivity contribution in [3.05, 3.63) is 35.6 Å². The highest BCUT2D eigenvalue weighted by Crippen LogP contribution is 2.28. The molecule has 1 atom stereocenters. The number of rotatable bonds is 2. The lowest BCUT2D eigenvalue weighted by Gasteiger charge is -2.21. The fourth-order valence-corrected chi connectivity index (χ4v) is 1.86. The van der Waals surface area contributed by atoms with Crippen LogP contribution in [0.1, 0.15) is 30.1 Å². The molecular formula is C12H13FO2. The molecule has 1 aromatic rings. The third-order valence-electron chi connectivity index (χ3n) is 2.81. The van der Waals surface area contributed by atoms with Gasteiger partial charge in [-0.05, 0) is 44.0 Å². The van der Waals surface area contributed by atoms with Gasteiger partial charge in [0.15, 0.2) is 5.78 Å². The van der Waals surface area contributed by atoms with Crippen LogP contribution >= 0.6 is 0 Å². The van der Waals surface area contributed by atoms with Gasteiger partial charge in [0.05, 0.1) is 0 Å². The van der Waals surface area contributed by atoms with Gasteiger partial charge >= 0.3 is 0 Å². The maximum atomic E-state index is 12.7. The summed E-state index contributed by atoms with van der Waals surface area (Å²) in [7, 11) is 0. The summed E-state index contributed by atoms with van der Waals surface area (Å²) in [6.45, 7) is 2.43. The molecule has 0 radical (unpaired) electrons. The first-order valence-electron chi connectivity index (χ1n) is 5.06. The third-order valence-corrected chi connectivity index (χ3v) is 2.81. The van der Waals surface area contributed by atoms with E-state index >= 15 is 0 Å². The summed E-state index contributed by atoms with van der Waals surface area (Å²) in [6, 6.07) is 5.60. The third kappa shape index (κ3) is 1.92. The Morgan fingerprint density at radius 1 is 1.40 bits per heavy atom. The number of benzene rings is 1. The molecule has 0 N–H and O–H groups in total. The predicted octanol–water partition coefficient (Wildman–Crippen LogP) is 2.58. The zero-order valence-corrected chi connectivity index (χ0v) is 8.63. The van der Waals surface area contributed by atoms with Crippen LogP contribution in [-0.4, -0.2) is 18.0 Å². The molecule has 2 nitrogen and oxygen atoms in total. The molecule has 0 bridgehead atoms. The zero-order valence-electron chi connectivity index (χ0n) is 8.63. The van der Waals surface area contributed by atoms with Crippen LogP contribution < -0.4 is 0 Å². The second kappa shape index (κ2) is 3.74. The minimum Gasteiger partial charge on any atom is -0.367 e. The number of halogens is 1. The Morgan fingerprint density at radius 2 is 2.07 bits per heavy atom. The average Bonchev–Trinajstić information content (AvgIpc) is 2.67. The molecule has 1 fully saturated rings. The molecule has 15 heavy (non-hydrogen) atoms. The van der Waals surface area contributed by atoms with Crippen LogP contribution in [0.3, 0.4) is 0 Å². The minimum atomic E-state index is -0.710. The number of carbonyl (C=O) groups is 1. The van der Waals surface area contributed by atoms with Crippen molar-refractivity contribution < 1.29 is 13.9 Å². The number of hydrogen-bond acceptors (Lipinski definition) is 2. The SMILES string of the molecule is CC1(C(=O)c2ccc(F)cc2)CCCO1. The molecule has 0 spiro atoms. The lowest BCUT2D eigenvalue weighted by Crippen LogP contribution is -2.34. The first kappa shape index (κ1) is 10.3. The lowest BCUT2D eigenvalue weighted by molar-refractivity contribution is 0.0213. The first-order valence-corrected chi connectivity index (χ1v) is 5.06. The van der Waals surface area contributed by atoms with Crippen molar-refractivity contribution in [2.24, 2.45) is 0 Å². The maximum Gasteiger partial charge on any atom is 0.194 e. The van der Waals surface area contributed by atoms with Gasteiger partial charge in [-0.3, -0.25) is 4.79 Å². The molecule has 0 aromatic heterocycles. The van der Waals surface area contributed by atoms with Crippen LogP contribution in [0.15, 0.2) is 24.3 Å². The van der Waals surface area contributed by atoms with Crippen LogP contribution in [-0.2, 0) is 4.74 Å². The highest BCUT2D eigenvalue weighted by atomic mass is 19.1. The van der Waals surface area contributed by atoms with E-state index in [0.717, 1.165) is 12.8 Å². The summed E-state index contributed by atoms with van der Waals surface area (Å²) < 4.78 is 18.1. The Hall–Kier alpha value is -1.22. The van der Waals surface area contributed by atoms with E-state index in [4.69, 9.17) is 4.74 Å². The van der Waals surface area contributed by atoms with Gasteiger partial charge in [-0.25, -0.2) is 4.39 Å². The van der Waals surface area contributed by atoms with Crippen molar-refractivity contribution in [2.45, 2.75) is 25.4 Å². The van der Waals surface area contributed by atoms with Gasteiger partial charge in [-0.15, -0.1) is 0 Å². The van der Waals surface area contributed by atoms with Crippen LogP contribution in [0.25, 0.3) is 0 Å². The molecular weight excluding hydrogens is 195 g/mol. The van der Waals surface area contributed by atoms with E-state index in [1.54, 1.807) is 6.92 Å². The summed E-state index contributed by atoms with van der Waals surface area (Å²) >= 11 is 0. The van der Waals surface area contributed by atoms with Crippen LogP contribution in [0.5, 0.6) is 0 Å². The van der Waals surface area contributed by atoms with Crippen LogP contribution in [0, 0.1) is 5.82 Å². The number of Topliss-reactive ketones (excluding diaryl/α,β-unsaturated/α-hetero) is 1. The fraction of sp³-hybridized carbons (Fsp3) is 0.417. The fourth-order valence-electron chi connectivity index (χ4n) is 1.86. The monoisotopic (exact) mass is 208 g/mol. The minimum absolute atomic E-state index is 0.0556. The van der Waals surface area contributed by atoms with Crippen molar-refractivity contribution >= 4 is 5.78 Å². The topological polar surface area (TPSA) is 26.3 Å². The predicted molar refractivity (Wildman–Crippen MR) is 54.3 cm³/mol. The van der Waals surface area contributed by atoms with Gasteiger partial charge < -0.3 is 4.74 Å². The second-order valence-corrected chi connectivity index (χ2v) is 4.02. The molecule has 0 saturated carbocycles. The van der Waals surface area contributed by atoms with Crippen molar-refractivity contribution in [1.29, 1.82) is 0 Å². The molecule has 0 amide bonds. The van der Waals surface area contributed by atoms with Crippen molar-refractivity contribution in [1.82, 2.24) is 0 Å². The molecule has 1 heterocycles. The lowest BCUT2D eigenvalue weighted by atomic mass is 9.92. The van der Waals surface area contributed by atoms with E-state index in [1.807, 2.05) is 0 Å². The normalized spacial score (nSPS) is 25.5. The molecule has 1 aromatic carbocycles. The summed E-state index contributed by atoms with van der Waals surface area (Å²) in [5.41, 5.74) is -0.196. The van der Waals surface area contributed by atoms with E-state index in [-0.39, 0.29) is 11.6 Å². The molecule has 1 unspecified atom stereocenters. The molecule has 0 aliphatic carbocycles. The zero-order chi connectivity index (χ0) is 10.9. The van der Waals surface area contributed by atoms with Gasteiger partial charge in [-0.1, -0.05) is 0 Å². The second-order valence-electron chi connectivity index (χ2n) is 4.02. The largest absolute Gasteiger partial charge is 0.367 e. The Labute approximate surface area is 88.1 Å². The number of hydrogen-bond donors (Lipinski definition) is 0. The van der Waals surface area contributed by atoms with E-state index in [2.05, 4.69) is 0 Å². The Kier molecular flexibility index (Phi) is 2.57. The standard InChI is InChI=1S/C12H13FO2/c1-12(7-2-8-15-12)11(14)9-3-5-10(13)6-4-9/h3-6H,2,7-8H2,1H3. The molecule has 1 aliphatic rings. The van der Waals surface area contributed by atoms with E-state index in [0.29, 0.717) is 12.2 Å². The summed E-state index contributed by atoms with van der Waals surface area (Å²) in [4.78, 5) is 12.0. The molecule has 80 valence electrons. The highest BCUT2D eigenvalue weighted by molar-refractivity contribution is 6.02. The highest BCUT2D eigenvalue weighted by Gasteiger charge is 2.37. The van der Waals surface area contributed by atoms with Crippen molar-refractivity contribution in [2.75, 3.05) is 6.61 Å². The molecule has 3 heteroatoms. The quantitative estimate of drug-likeness (QED) is 0.698. The van der Waals surface area contributed by atoms with Gasteiger partial charge in [0.25, 0.3) is 0 Å². The van der Waals surface area contributed by atoms with E-state index < -0.39 is 5.60 Å². The molecule has 1 saturated heterocycles. The number of ether oxygens (including phenoxy) is 1. The maximum absolute atomic E-state index is 12.7. The summed E-state index contributed by atoms with van der Waals surface area (Å²) in [5, 5.41) is 0. The summed E-state index contributed by atoms with van der Waals surface area (Å²) in [5.74, 6) is -0.385. The van der Waals surface area contributed by atoms with Gasteiger partial charge in [-0.2, -0.15) is 0 Å². The van der Waals surface area contributed by atoms with Gasteiger partial charge in [0.2, 0.25) is 0 Å². The van der Waals surface area contributed by atoms with Crippen LogP contribution in [0.4, 0.5) is 4.39 Å². The molecule has 1 aliphatic heterocycles. The Bertz CT molecular complexity index is 364. The summed E-state index contributed by atoms with van der Waals surface area (Å²) in [6.07, 6.45) is 1.65. The van der Waals surface area contributed by atoms with E-state index in [1.165, 1.54) is 24.3 Å². The first-order chi connectivity index (χ1) is 7.12.